The molecule has 0 spiro atoms. The molecule has 2 nitrogen and oxygen atoms in total. The van der Waals surface area contributed by atoms with E-state index in [1.165, 1.54) is 0 Å². The highest BCUT2D eigenvalue weighted by molar-refractivity contribution is 4.85. The average molecular weight is 210 g/mol. The topological polar surface area (TPSA) is 38.0 Å². The summed E-state index contributed by atoms with van der Waals surface area (Å²) in [6, 6.07) is -0.262. The Morgan fingerprint density at radius 1 is 1.29 bits per heavy atom. The SMILES string of the molecule is CC(NN)C1CCCCC1C(F)(F)F. The Bertz CT molecular complexity index is 181. The molecule has 0 aliphatic heterocycles. The minimum atomic E-state index is -4.07. The van der Waals surface area contributed by atoms with E-state index in [1.807, 2.05) is 0 Å². The fourth-order valence-corrected chi connectivity index (χ4v) is 2.29. The molecule has 1 aliphatic carbocycles. The van der Waals surface area contributed by atoms with Gasteiger partial charge in [-0.05, 0) is 25.7 Å². The van der Waals surface area contributed by atoms with Crippen molar-refractivity contribution in [3.05, 3.63) is 0 Å². The summed E-state index contributed by atoms with van der Waals surface area (Å²) in [5, 5.41) is 0. The summed E-state index contributed by atoms with van der Waals surface area (Å²) in [5.74, 6) is 3.65. The molecule has 0 radical (unpaired) electrons. The van der Waals surface area contributed by atoms with E-state index in [2.05, 4.69) is 5.43 Å². The average Bonchev–Trinajstić information content (AvgIpc) is 2.15. The summed E-state index contributed by atoms with van der Waals surface area (Å²) in [7, 11) is 0. The van der Waals surface area contributed by atoms with Gasteiger partial charge in [-0.25, -0.2) is 0 Å². The van der Waals surface area contributed by atoms with E-state index in [-0.39, 0.29) is 18.4 Å². The number of halogens is 3. The van der Waals surface area contributed by atoms with Crippen LogP contribution in [0.1, 0.15) is 32.6 Å². The van der Waals surface area contributed by atoms with Crippen LogP contribution in [-0.2, 0) is 0 Å². The standard InChI is InChI=1S/C9H17F3N2/c1-6(14-13)7-4-2-3-5-8(7)9(10,11)12/h6-8,14H,2-5,13H2,1H3. The molecule has 1 fully saturated rings. The summed E-state index contributed by atoms with van der Waals surface area (Å²) in [6.07, 6.45) is -1.65. The minimum absolute atomic E-state index is 0.250. The van der Waals surface area contributed by atoms with Crippen LogP contribution in [0, 0.1) is 11.8 Å². The summed E-state index contributed by atoms with van der Waals surface area (Å²) >= 11 is 0. The molecule has 0 amide bonds. The van der Waals surface area contributed by atoms with Crippen molar-refractivity contribution >= 4 is 0 Å². The normalized spacial score (nSPS) is 31.5. The fraction of sp³-hybridized carbons (Fsp3) is 1.00. The second kappa shape index (κ2) is 4.49. The summed E-state index contributed by atoms with van der Waals surface area (Å²) in [4.78, 5) is 0. The third-order valence-electron chi connectivity index (χ3n) is 3.14. The van der Waals surface area contributed by atoms with Gasteiger partial charge >= 0.3 is 6.18 Å². The molecule has 0 heterocycles. The monoisotopic (exact) mass is 210 g/mol. The molecule has 1 rings (SSSR count). The molecule has 1 aliphatic rings. The van der Waals surface area contributed by atoms with Crippen molar-refractivity contribution in [3.63, 3.8) is 0 Å². The van der Waals surface area contributed by atoms with Crippen molar-refractivity contribution in [1.29, 1.82) is 0 Å². The van der Waals surface area contributed by atoms with E-state index in [4.69, 9.17) is 5.84 Å². The van der Waals surface area contributed by atoms with E-state index in [9.17, 15) is 13.2 Å². The number of nitrogens with two attached hydrogens (primary N) is 1. The molecule has 0 bridgehead atoms. The Morgan fingerprint density at radius 2 is 1.86 bits per heavy atom. The maximum atomic E-state index is 12.6. The highest BCUT2D eigenvalue weighted by atomic mass is 19.4. The predicted octanol–water partition coefficient (Wildman–Crippen LogP) is 2.21. The van der Waals surface area contributed by atoms with E-state index < -0.39 is 12.1 Å². The molecule has 0 aromatic carbocycles. The minimum Gasteiger partial charge on any atom is -0.271 e. The van der Waals surface area contributed by atoms with E-state index in [0.29, 0.717) is 12.8 Å². The Morgan fingerprint density at radius 3 is 2.36 bits per heavy atom. The van der Waals surface area contributed by atoms with Crippen molar-refractivity contribution in [3.8, 4) is 0 Å². The van der Waals surface area contributed by atoms with Crippen LogP contribution >= 0.6 is 0 Å². The van der Waals surface area contributed by atoms with Crippen molar-refractivity contribution in [2.24, 2.45) is 17.7 Å². The lowest BCUT2D eigenvalue weighted by molar-refractivity contribution is -0.198. The lowest BCUT2D eigenvalue weighted by atomic mass is 9.75. The van der Waals surface area contributed by atoms with E-state index in [0.717, 1.165) is 6.42 Å². The predicted molar refractivity (Wildman–Crippen MR) is 48.3 cm³/mol. The molecule has 3 atom stereocenters. The fourth-order valence-electron chi connectivity index (χ4n) is 2.29. The highest BCUT2D eigenvalue weighted by Crippen LogP contribution is 2.42. The van der Waals surface area contributed by atoms with Crippen molar-refractivity contribution < 1.29 is 13.2 Å². The summed E-state index contributed by atoms with van der Waals surface area (Å²) in [6.45, 7) is 1.72. The Kier molecular flexibility index (Phi) is 3.78. The summed E-state index contributed by atoms with van der Waals surface area (Å²) in [5.41, 5.74) is 2.44. The zero-order valence-corrected chi connectivity index (χ0v) is 8.27. The second-order valence-corrected chi connectivity index (χ2v) is 4.05. The quantitative estimate of drug-likeness (QED) is 0.541. The number of hydrogen-bond acceptors (Lipinski definition) is 2. The van der Waals surface area contributed by atoms with Crippen molar-refractivity contribution in [2.45, 2.75) is 44.8 Å². The molecule has 3 unspecified atom stereocenters. The number of nitrogens with one attached hydrogen (secondary N) is 1. The van der Waals surface area contributed by atoms with Crippen LogP contribution in [0.5, 0.6) is 0 Å². The zero-order valence-electron chi connectivity index (χ0n) is 8.27. The smallest absolute Gasteiger partial charge is 0.271 e. The molecule has 1 saturated carbocycles. The Balaban J connectivity index is 2.69. The first kappa shape index (κ1) is 11.8. The Hall–Kier alpha value is -0.290. The van der Waals surface area contributed by atoms with Crippen LogP contribution < -0.4 is 11.3 Å². The van der Waals surface area contributed by atoms with Crippen LogP contribution in [0.2, 0.25) is 0 Å². The van der Waals surface area contributed by atoms with Gasteiger partial charge in [0.25, 0.3) is 0 Å². The number of alkyl halides is 3. The lowest BCUT2D eigenvalue weighted by Crippen LogP contribution is -2.46. The van der Waals surface area contributed by atoms with Crippen LogP contribution in [0.25, 0.3) is 0 Å². The maximum absolute atomic E-state index is 12.6. The molecule has 5 heteroatoms. The van der Waals surface area contributed by atoms with Gasteiger partial charge in [0.15, 0.2) is 0 Å². The first-order valence-corrected chi connectivity index (χ1v) is 4.99. The highest BCUT2D eigenvalue weighted by Gasteiger charge is 2.46. The number of hydrazine groups is 1. The lowest BCUT2D eigenvalue weighted by Gasteiger charge is -2.36. The van der Waals surface area contributed by atoms with Crippen LogP contribution in [0.3, 0.4) is 0 Å². The molecular formula is C9H17F3N2. The van der Waals surface area contributed by atoms with Gasteiger partial charge in [-0.1, -0.05) is 12.8 Å². The third kappa shape index (κ3) is 2.60. The first-order chi connectivity index (χ1) is 6.46. The maximum Gasteiger partial charge on any atom is 0.392 e. The second-order valence-electron chi connectivity index (χ2n) is 4.05. The van der Waals surface area contributed by atoms with Gasteiger partial charge in [0, 0.05) is 6.04 Å². The van der Waals surface area contributed by atoms with Crippen LogP contribution in [0.4, 0.5) is 13.2 Å². The molecule has 84 valence electrons. The first-order valence-electron chi connectivity index (χ1n) is 4.99. The summed E-state index contributed by atoms with van der Waals surface area (Å²) < 4.78 is 37.9. The zero-order chi connectivity index (χ0) is 10.8. The largest absolute Gasteiger partial charge is 0.392 e. The third-order valence-corrected chi connectivity index (χ3v) is 3.14. The van der Waals surface area contributed by atoms with Gasteiger partial charge in [-0.15, -0.1) is 0 Å². The van der Waals surface area contributed by atoms with E-state index in [1.54, 1.807) is 6.92 Å². The van der Waals surface area contributed by atoms with Gasteiger partial charge in [0.1, 0.15) is 0 Å². The number of hydrogen-bond donors (Lipinski definition) is 2. The number of rotatable bonds is 2. The van der Waals surface area contributed by atoms with Gasteiger partial charge < -0.3 is 0 Å². The molecule has 0 aromatic rings. The molecular weight excluding hydrogens is 193 g/mol. The van der Waals surface area contributed by atoms with Gasteiger partial charge in [0.05, 0.1) is 5.92 Å². The molecule has 14 heavy (non-hydrogen) atoms. The van der Waals surface area contributed by atoms with Crippen LogP contribution in [-0.4, -0.2) is 12.2 Å². The van der Waals surface area contributed by atoms with Gasteiger partial charge in [-0.3, -0.25) is 11.3 Å². The van der Waals surface area contributed by atoms with Crippen molar-refractivity contribution in [1.82, 2.24) is 5.43 Å². The molecule has 0 aromatic heterocycles. The molecule has 0 saturated heterocycles. The van der Waals surface area contributed by atoms with Gasteiger partial charge in [0.2, 0.25) is 0 Å². The van der Waals surface area contributed by atoms with E-state index >= 15 is 0 Å². The Labute approximate surface area is 82.0 Å². The molecule has 3 N–H and O–H groups in total. The van der Waals surface area contributed by atoms with Gasteiger partial charge in [-0.2, -0.15) is 13.2 Å². The van der Waals surface area contributed by atoms with Crippen LogP contribution in [0.15, 0.2) is 0 Å². The van der Waals surface area contributed by atoms with Crippen molar-refractivity contribution in [2.75, 3.05) is 0 Å².